The number of benzene rings is 1. The van der Waals surface area contributed by atoms with Crippen LogP contribution in [0.5, 0.6) is 0 Å². The summed E-state index contributed by atoms with van der Waals surface area (Å²) in [5.74, 6) is -0.164. The maximum absolute atomic E-state index is 12.9. The molecule has 0 spiro atoms. The Morgan fingerprint density at radius 1 is 1.29 bits per heavy atom. The van der Waals surface area contributed by atoms with E-state index in [-0.39, 0.29) is 11.9 Å². The first kappa shape index (κ1) is 12.3. The first-order valence-corrected chi connectivity index (χ1v) is 6.49. The molecule has 17 heavy (non-hydrogen) atoms. The minimum Gasteiger partial charge on any atom is -0.307 e. The predicted molar refractivity (Wildman–Crippen MR) is 69.4 cm³/mol. The lowest BCUT2D eigenvalue weighted by Crippen LogP contribution is -2.23. The monoisotopic (exact) mass is 233 g/mol. The Morgan fingerprint density at radius 3 is 2.65 bits per heavy atom. The van der Waals surface area contributed by atoms with Crippen LogP contribution in [0.1, 0.15) is 44.2 Å². The van der Waals surface area contributed by atoms with Gasteiger partial charge in [0.05, 0.1) is 6.04 Å². The van der Waals surface area contributed by atoms with E-state index in [9.17, 15) is 4.39 Å². The molecule has 1 aromatic carbocycles. The van der Waals surface area contributed by atoms with Crippen LogP contribution in [0.4, 0.5) is 4.39 Å². The first-order valence-electron chi connectivity index (χ1n) is 6.49. The van der Waals surface area contributed by atoms with Gasteiger partial charge in [0.25, 0.3) is 0 Å². The van der Waals surface area contributed by atoms with E-state index < -0.39 is 0 Å². The van der Waals surface area contributed by atoms with Crippen LogP contribution in [0.3, 0.4) is 0 Å². The second-order valence-electron chi connectivity index (χ2n) is 4.61. The Bertz CT molecular complexity index is 380. The van der Waals surface area contributed by atoms with Crippen LogP contribution in [-0.2, 0) is 0 Å². The summed E-state index contributed by atoms with van der Waals surface area (Å²) in [6.07, 6.45) is 7.04. The molecule has 0 saturated carbocycles. The highest BCUT2D eigenvalue weighted by atomic mass is 19.1. The van der Waals surface area contributed by atoms with E-state index in [1.807, 2.05) is 12.1 Å². The molecule has 0 radical (unpaired) electrons. The van der Waals surface area contributed by atoms with Gasteiger partial charge in [-0.15, -0.1) is 0 Å². The van der Waals surface area contributed by atoms with Gasteiger partial charge >= 0.3 is 0 Å². The summed E-state index contributed by atoms with van der Waals surface area (Å²) in [5, 5.41) is 3.56. The highest BCUT2D eigenvalue weighted by molar-refractivity contribution is 5.30. The Morgan fingerprint density at radius 2 is 2.06 bits per heavy atom. The van der Waals surface area contributed by atoms with Crippen LogP contribution in [0.25, 0.3) is 0 Å². The third kappa shape index (κ3) is 3.16. The van der Waals surface area contributed by atoms with Crippen molar-refractivity contribution < 1.29 is 4.39 Å². The standard InChI is InChI=1S/C15H20FN/c1-2-11-17-15(12-5-3-4-6-12)13-7-9-14(16)10-8-13/h5,7-10,15,17H,2-4,6,11H2,1H3. The Kier molecular flexibility index (Phi) is 4.32. The maximum Gasteiger partial charge on any atom is 0.123 e. The van der Waals surface area contributed by atoms with E-state index in [4.69, 9.17) is 0 Å². The van der Waals surface area contributed by atoms with Crippen LogP contribution < -0.4 is 5.32 Å². The minimum absolute atomic E-state index is 0.164. The van der Waals surface area contributed by atoms with Crippen molar-refractivity contribution in [3.8, 4) is 0 Å². The lowest BCUT2D eigenvalue weighted by atomic mass is 9.98. The molecule has 1 aliphatic carbocycles. The summed E-state index contributed by atoms with van der Waals surface area (Å²) in [6.45, 7) is 3.16. The number of rotatable bonds is 5. The third-order valence-electron chi connectivity index (χ3n) is 3.25. The molecule has 0 fully saturated rings. The van der Waals surface area contributed by atoms with Gasteiger partial charge in [-0.3, -0.25) is 0 Å². The molecule has 2 rings (SSSR count). The number of allylic oxidation sites excluding steroid dienone is 1. The SMILES string of the molecule is CCCNC(C1=CCCC1)c1ccc(F)cc1. The molecule has 0 heterocycles. The minimum atomic E-state index is -0.164. The van der Waals surface area contributed by atoms with E-state index in [1.165, 1.54) is 30.4 Å². The lowest BCUT2D eigenvalue weighted by Gasteiger charge is -2.20. The molecule has 1 atom stereocenters. The average Bonchev–Trinajstić information content (AvgIpc) is 2.85. The fourth-order valence-corrected chi connectivity index (χ4v) is 2.36. The molecule has 0 aliphatic heterocycles. The molecule has 0 amide bonds. The Labute approximate surface area is 103 Å². The summed E-state index contributed by atoms with van der Waals surface area (Å²) in [7, 11) is 0. The van der Waals surface area contributed by atoms with Crippen LogP contribution in [0, 0.1) is 5.82 Å². The number of halogens is 1. The predicted octanol–water partition coefficient (Wildman–Crippen LogP) is 3.98. The zero-order valence-electron chi connectivity index (χ0n) is 10.4. The van der Waals surface area contributed by atoms with Crippen LogP contribution in [0.15, 0.2) is 35.9 Å². The van der Waals surface area contributed by atoms with Crippen LogP contribution >= 0.6 is 0 Å². The molecule has 0 bridgehead atoms. The Balaban J connectivity index is 2.16. The summed E-state index contributed by atoms with van der Waals surface area (Å²) in [6, 6.07) is 7.15. The third-order valence-corrected chi connectivity index (χ3v) is 3.25. The van der Waals surface area contributed by atoms with E-state index in [0.29, 0.717) is 0 Å². The number of hydrogen-bond donors (Lipinski definition) is 1. The topological polar surface area (TPSA) is 12.0 Å². The number of nitrogens with one attached hydrogen (secondary N) is 1. The summed E-state index contributed by atoms with van der Waals surface area (Å²) >= 11 is 0. The fraction of sp³-hybridized carbons (Fsp3) is 0.467. The van der Waals surface area contributed by atoms with E-state index in [1.54, 1.807) is 12.1 Å². The highest BCUT2D eigenvalue weighted by Gasteiger charge is 2.18. The van der Waals surface area contributed by atoms with Gasteiger partial charge < -0.3 is 5.32 Å². The van der Waals surface area contributed by atoms with E-state index in [0.717, 1.165) is 13.0 Å². The van der Waals surface area contributed by atoms with Gasteiger partial charge in [0.2, 0.25) is 0 Å². The smallest absolute Gasteiger partial charge is 0.123 e. The van der Waals surface area contributed by atoms with Crippen molar-refractivity contribution in [2.45, 2.75) is 38.6 Å². The zero-order chi connectivity index (χ0) is 12.1. The van der Waals surface area contributed by atoms with Gasteiger partial charge in [0.1, 0.15) is 5.82 Å². The maximum atomic E-state index is 12.9. The van der Waals surface area contributed by atoms with Gasteiger partial charge in [-0.05, 0) is 49.9 Å². The van der Waals surface area contributed by atoms with E-state index in [2.05, 4.69) is 18.3 Å². The fourth-order valence-electron chi connectivity index (χ4n) is 2.36. The van der Waals surface area contributed by atoms with Gasteiger partial charge in [-0.1, -0.05) is 30.7 Å². The molecule has 1 aromatic rings. The molecule has 0 aromatic heterocycles. The van der Waals surface area contributed by atoms with Crippen molar-refractivity contribution >= 4 is 0 Å². The van der Waals surface area contributed by atoms with Crippen molar-refractivity contribution in [2.75, 3.05) is 6.54 Å². The molecular formula is C15H20FN. The van der Waals surface area contributed by atoms with Crippen molar-refractivity contribution in [2.24, 2.45) is 0 Å². The van der Waals surface area contributed by atoms with Crippen molar-refractivity contribution in [3.05, 3.63) is 47.3 Å². The molecule has 0 saturated heterocycles. The average molecular weight is 233 g/mol. The summed E-state index contributed by atoms with van der Waals surface area (Å²) < 4.78 is 12.9. The normalized spacial score (nSPS) is 16.9. The van der Waals surface area contributed by atoms with Crippen molar-refractivity contribution in [1.29, 1.82) is 0 Å². The summed E-state index contributed by atoms with van der Waals surface area (Å²) in [4.78, 5) is 0. The molecule has 2 heteroatoms. The van der Waals surface area contributed by atoms with Gasteiger partial charge in [-0.25, -0.2) is 4.39 Å². The first-order chi connectivity index (χ1) is 8.31. The summed E-state index contributed by atoms with van der Waals surface area (Å²) in [5.41, 5.74) is 2.64. The van der Waals surface area contributed by atoms with E-state index >= 15 is 0 Å². The van der Waals surface area contributed by atoms with Gasteiger partial charge in [0.15, 0.2) is 0 Å². The van der Waals surface area contributed by atoms with Crippen molar-refractivity contribution in [1.82, 2.24) is 5.32 Å². The van der Waals surface area contributed by atoms with Crippen LogP contribution in [0.2, 0.25) is 0 Å². The highest BCUT2D eigenvalue weighted by Crippen LogP contribution is 2.30. The quantitative estimate of drug-likeness (QED) is 0.759. The van der Waals surface area contributed by atoms with Gasteiger partial charge in [0, 0.05) is 0 Å². The second kappa shape index (κ2) is 5.97. The Hall–Kier alpha value is -1.15. The van der Waals surface area contributed by atoms with Crippen LogP contribution in [-0.4, -0.2) is 6.54 Å². The molecule has 1 unspecified atom stereocenters. The lowest BCUT2D eigenvalue weighted by molar-refractivity contribution is 0.575. The zero-order valence-corrected chi connectivity index (χ0v) is 10.4. The molecular weight excluding hydrogens is 213 g/mol. The van der Waals surface area contributed by atoms with Gasteiger partial charge in [-0.2, -0.15) is 0 Å². The largest absolute Gasteiger partial charge is 0.307 e. The van der Waals surface area contributed by atoms with Crippen molar-refractivity contribution in [3.63, 3.8) is 0 Å². The molecule has 92 valence electrons. The molecule has 1 N–H and O–H groups in total. The second-order valence-corrected chi connectivity index (χ2v) is 4.61. The molecule has 1 aliphatic rings. The number of hydrogen-bond acceptors (Lipinski definition) is 1. The molecule has 1 nitrogen and oxygen atoms in total.